The summed E-state index contributed by atoms with van der Waals surface area (Å²) in [5.74, 6) is -0.642. The van der Waals surface area contributed by atoms with E-state index in [9.17, 15) is 9.18 Å². The first-order chi connectivity index (χ1) is 13.0. The second-order valence-electron chi connectivity index (χ2n) is 6.57. The Labute approximate surface area is 156 Å². The average Bonchev–Trinajstić information content (AvgIpc) is 3.22. The van der Waals surface area contributed by atoms with Gasteiger partial charge in [0.15, 0.2) is 0 Å². The summed E-state index contributed by atoms with van der Waals surface area (Å²) in [5.41, 5.74) is 4.02. The number of nitrogens with zero attached hydrogens (tertiary/aromatic N) is 3. The molecule has 2 aromatic heterocycles. The smallest absolute Gasteiger partial charge is 0.272 e. The number of halogens is 1. The lowest BCUT2D eigenvalue weighted by atomic mass is 10.1. The monoisotopic (exact) mass is 362 g/mol. The van der Waals surface area contributed by atoms with E-state index in [2.05, 4.69) is 29.5 Å². The van der Waals surface area contributed by atoms with Crippen molar-refractivity contribution in [1.29, 1.82) is 0 Å². The van der Waals surface area contributed by atoms with E-state index in [4.69, 9.17) is 0 Å². The number of rotatable bonds is 4. The molecule has 136 valence electrons. The molecule has 0 radical (unpaired) electrons. The van der Waals surface area contributed by atoms with E-state index in [1.54, 1.807) is 46.9 Å². The van der Waals surface area contributed by atoms with Crippen LogP contribution in [0.4, 0.5) is 10.1 Å². The molecule has 5 nitrogen and oxygen atoms in total. The molecule has 2 heterocycles. The third kappa shape index (κ3) is 3.21. The van der Waals surface area contributed by atoms with Crippen molar-refractivity contribution in [2.24, 2.45) is 7.05 Å². The minimum absolute atomic E-state index is 0.302. The van der Waals surface area contributed by atoms with E-state index in [1.807, 2.05) is 12.1 Å². The number of nitrogens with one attached hydrogen (secondary N) is 1. The summed E-state index contributed by atoms with van der Waals surface area (Å²) in [6.07, 6.45) is 3.40. The van der Waals surface area contributed by atoms with Crippen molar-refractivity contribution in [2.45, 2.75) is 13.5 Å². The number of carbonyl (C=O) groups is 1. The first-order valence-electron chi connectivity index (χ1n) is 8.65. The number of benzene rings is 2. The molecule has 0 saturated heterocycles. The third-order valence-electron chi connectivity index (χ3n) is 4.75. The molecule has 0 aliphatic rings. The predicted molar refractivity (Wildman–Crippen MR) is 103 cm³/mol. The Morgan fingerprint density at radius 1 is 1.19 bits per heavy atom. The molecule has 0 aliphatic carbocycles. The molecule has 2 aromatic carbocycles. The highest BCUT2D eigenvalue weighted by Gasteiger charge is 2.16. The van der Waals surface area contributed by atoms with Crippen molar-refractivity contribution < 1.29 is 9.18 Å². The van der Waals surface area contributed by atoms with Gasteiger partial charge in [0.05, 0.1) is 23.9 Å². The topological polar surface area (TPSA) is 51.9 Å². The van der Waals surface area contributed by atoms with Crippen molar-refractivity contribution in [1.82, 2.24) is 14.3 Å². The van der Waals surface area contributed by atoms with Crippen molar-refractivity contribution in [3.05, 3.63) is 83.6 Å². The Kier molecular flexibility index (Phi) is 4.24. The molecule has 0 spiro atoms. The molecule has 27 heavy (non-hydrogen) atoms. The van der Waals surface area contributed by atoms with Gasteiger partial charge in [0.1, 0.15) is 11.5 Å². The summed E-state index contributed by atoms with van der Waals surface area (Å²) in [7, 11) is 1.75. The average molecular weight is 362 g/mol. The standard InChI is InChI=1S/C21H19FN4O/c1-14-6-3-4-7-15(14)12-26-13-16(11-23-26)24-21(27)20-10-17-18(22)8-5-9-19(17)25(20)2/h3-11,13H,12H2,1-2H3,(H,24,27). The first-order valence-corrected chi connectivity index (χ1v) is 8.65. The molecule has 0 unspecified atom stereocenters. The zero-order chi connectivity index (χ0) is 19.0. The van der Waals surface area contributed by atoms with Crippen LogP contribution in [0.5, 0.6) is 0 Å². The molecular formula is C21H19FN4O. The minimum Gasteiger partial charge on any atom is -0.340 e. The van der Waals surface area contributed by atoms with Crippen LogP contribution in [0.2, 0.25) is 0 Å². The number of amides is 1. The van der Waals surface area contributed by atoms with Gasteiger partial charge in [-0.15, -0.1) is 0 Å². The Bertz CT molecular complexity index is 1140. The summed E-state index contributed by atoms with van der Waals surface area (Å²) in [5, 5.41) is 7.58. The van der Waals surface area contributed by atoms with E-state index < -0.39 is 0 Å². The van der Waals surface area contributed by atoms with Crippen molar-refractivity contribution >= 4 is 22.5 Å². The maximum absolute atomic E-state index is 14.0. The number of fused-ring (bicyclic) bond motifs is 1. The van der Waals surface area contributed by atoms with Crippen molar-refractivity contribution in [2.75, 3.05) is 5.32 Å². The lowest BCUT2D eigenvalue weighted by Gasteiger charge is -2.06. The van der Waals surface area contributed by atoms with Crippen LogP contribution in [-0.4, -0.2) is 20.3 Å². The van der Waals surface area contributed by atoms with Gasteiger partial charge in [-0.2, -0.15) is 5.10 Å². The van der Waals surface area contributed by atoms with Crippen molar-refractivity contribution in [3.8, 4) is 0 Å². The highest BCUT2D eigenvalue weighted by atomic mass is 19.1. The van der Waals surface area contributed by atoms with Gasteiger partial charge in [-0.1, -0.05) is 30.3 Å². The molecule has 4 aromatic rings. The van der Waals surface area contributed by atoms with Crippen LogP contribution in [0.1, 0.15) is 21.6 Å². The van der Waals surface area contributed by atoms with Crippen molar-refractivity contribution in [3.63, 3.8) is 0 Å². The van der Waals surface area contributed by atoms with Crippen LogP contribution >= 0.6 is 0 Å². The molecule has 0 fully saturated rings. The Balaban J connectivity index is 1.54. The highest BCUT2D eigenvalue weighted by molar-refractivity contribution is 6.06. The molecule has 0 bridgehead atoms. The maximum atomic E-state index is 14.0. The largest absolute Gasteiger partial charge is 0.340 e. The first kappa shape index (κ1) is 17.0. The van der Waals surface area contributed by atoms with Gasteiger partial charge in [0.25, 0.3) is 5.91 Å². The predicted octanol–water partition coefficient (Wildman–Crippen LogP) is 4.12. The van der Waals surface area contributed by atoms with Gasteiger partial charge in [0, 0.05) is 18.6 Å². The van der Waals surface area contributed by atoms with Crippen LogP contribution < -0.4 is 5.32 Å². The summed E-state index contributed by atoms with van der Waals surface area (Å²) in [4.78, 5) is 12.6. The molecule has 0 saturated carbocycles. The van der Waals surface area contributed by atoms with Crippen LogP contribution in [0.25, 0.3) is 10.9 Å². The number of hydrogen-bond donors (Lipinski definition) is 1. The zero-order valence-corrected chi connectivity index (χ0v) is 15.1. The number of anilines is 1. The van der Waals surface area contributed by atoms with Gasteiger partial charge in [-0.3, -0.25) is 9.48 Å². The summed E-state index contributed by atoms with van der Waals surface area (Å²) < 4.78 is 17.4. The third-order valence-corrected chi connectivity index (χ3v) is 4.75. The Morgan fingerprint density at radius 2 is 2.00 bits per heavy atom. The second kappa shape index (κ2) is 6.72. The second-order valence-corrected chi connectivity index (χ2v) is 6.57. The molecule has 6 heteroatoms. The number of aryl methyl sites for hydroxylation is 2. The Morgan fingerprint density at radius 3 is 2.78 bits per heavy atom. The van der Waals surface area contributed by atoms with Gasteiger partial charge in [0.2, 0.25) is 0 Å². The maximum Gasteiger partial charge on any atom is 0.272 e. The number of carbonyl (C=O) groups excluding carboxylic acids is 1. The molecule has 4 rings (SSSR count). The zero-order valence-electron chi connectivity index (χ0n) is 15.1. The summed E-state index contributed by atoms with van der Waals surface area (Å²) in [6.45, 7) is 2.68. The minimum atomic E-state index is -0.340. The molecule has 1 N–H and O–H groups in total. The lowest BCUT2D eigenvalue weighted by Crippen LogP contribution is -2.15. The van der Waals surface area contributed by atoms with E-state index in [0.29, 0.717) is 28.8 Å². The van der Waals surface area contributed by atoms with Gasteiger partial charge in [-0.05, 0) is 36.2 Å². The molecule has 1 amide bonds. The number of aromatic nitrogens is 3. The quantitative estimate of drug-likeness (QED) is 0.594. The van der Waals surface area contributed by atoms with Gasteiger partial charge < -0.3 is 9.88 Å². The Hall–Kier alpha value is -3.41. The van der Waals surface area contributed by atoms with Crippen LogP contribution in [0, 0.1) is 12.7 Å². The summed E-state index contributed by atoms with van der Waals surface area (Å²) in [6, 6.07) is 14.5. The molecular weight excluding hydrogens is 343 g/mol. The van der Waals surface area contributed by atoms with Crippen LogP contribution in [-0.2, 0) is 13.6 Å². The fourth-order valence-corrected chi connectivity index (χ4v) is 3.21. The fraction of sp³-hybridized carbons (Fsp3) is 0.143. The van der Waals surface area contributed by atoms with E-state index in [1.165, 1.54) is 17.2 Å². The molecule has 0 aliphatic heterocycles. The fourth-order valence-electron chi connectivity index (χ4n) is 3.21. The van der Waals surface area contributed by atoms with Crippen LogP contribution in [0.15, 0.2) is 60.9 Å². The van der Waals surface area contributed by atoms with E-state index in [0.717, 1.165) is 0 Å². The van der Waals surface area contributed by atoms with Gasteiger partial charge >= 0.3 is 0 Å². The van der Waals surface area contributed by atoms with Crippen LogP contribution in [0.3, 0.4) is 0 Å². The normalized spacial score (nSPS) is 11.1. The van der Waals surface area contributed by atoms with E-state index >= 15 is 0 Å². The lowest BCUT2D eigenvalue weighted by molar-refractivity contribution is 0.101. The van der Waals surface area contributed by atoms with Gasteiger partial charge in [-0.25, -0.2) is 4.39 Å². The SMILES string of the molecule is Cc1ccccc1Cn1cc(NC(=O)c2cc3c(F)cccc3n2C)cn1. The highest BCUT2D eigenvalue weighted by Crippen LogP contribution is 2.22. The van der Waals surface area contributed by atoms with E-state index in [-0.39, 0.29) is 11.7 Å². The molecule has 0 atom stereocenters. The number of hydrogen-bond acceptors (Lipinski definition) is 2. The summed E-state index contributed by atoms with van der Waals surface area (Å²) >= 11 is 0.